The van der Waals surface area contributed by atoms with Crippen molar-refractivity contribution in [2.75, 3.05) is 19.7 Å². The summed E-state index contributed by atoms with van der Waals surface area (Å²) in [4.78, 5) is 16.6. The molecule has 0 aliphatic heterocycles. The van der Waals surface area contributed by atoms with Crippen LogP contribution < -0.4 is 11.1 Å². The second-order valence-electron chi connectivity index (χ2n) is 5.94. The molecule has 0 radical (unpaired) electrons. The number of nitrogens with one attached hydrogen (secondary N) is 1. The molecule has 0 spiro atoms. The first-order valence-corrected chi connectivity index (χ1v) is 9.14. The number of hydrogen-bond donors (Lipinski definition) is 2. The largest absolute Gasteiger partial charge is 0.373 e. The lowest BCUT2D eigenvalue weighted by Gasteiger charge is -2.37. The van der Waals surface area contributed by atoms with E-state index in [1.165, 1.54) is 30.6 Å². The number of aromatic nitrogens is 1. The van der Waals surface area contributed by atoms with Gasteiger partial charge in [0.05, 0.1) is 10.6 Å². The van der Waals surface area contributed by atoms with Crippen LogP contribution >= 0.6 is 11.3 Å². The molecule has 6 heteroatoms. The first kappa shape index (κ1) is 17.4. The van der Waals surface area contributed by atoms with E-state index in [1.807, 2.05) is 0 Å². The monoisotopic (exact) mass is 325 g/mol. The molecule has 1 amide bonds. The van der Waals surface area contributed by atoms with Crippen LogP contribution in [0.5, 0.6) is 0 Å². The molecule has 22 heavy (non-hydrogen) atoms. The number of rotatable bonds is 8. The topological polar surface area (TPSA) is 77.2 Å². The minimum absolute atomic E-state index is 0.107. The van der Waals surface area contributed by atoms with Gasteiger partial charge in [0.2, 0.25) is 0 Å². The van der Waals surface area contributed by atoms with Crippen molar-refractivity contribution in [3.05, 3.63) is 16.1 Å². The maximum atomic E-state index is 12.3. The number of carbonyl (C=O) groups is 1. The maximum Gasteiger partial charge on any atom is 0.270 e. The lowest BCUT2D eigenvalue weighted by molar-refractivity contribution is -0.0669. The maximum absolute atomic E-state index is 12.3. The summed E-state index contributed by atoms with van der Waals surface area (Å²) in [6, 6.07) is 0. The normalized spacial score (nSPS) is 17.4. The van der Waals surface area contributed by atoms with Crippen LogP contribution in [0.3, 0.4) is 0 Å². The van der Waals surface area contributed by atoms with Crippen molar-refractivity contribution in [1.82, 2.24) is 10.3 Å². The smallest absolute Gasteiger partial charge is 0.270 e. The van der Waals surface area contributed by atoms with Gasteiger partial charge >= 0.3 is 0 Å². The van der Waals surface area contributed by atoms with E-state index in [0.717, 1.165) is 37.3 Å². The Morgan fingerprint density at radius 2 is 2.23 bits per heavy atom. The number of nitrogens with two attached hydrogens (primary N) is 1. The van der Waals surface area contributed by atoms with Crippen LogP contribution in [-0.2, 0) is 11.2 Å². The zero-order chi connectivity index (χ0) is 15.8. The van der Waals surface area contributed by atoms with E-state index in [-0.39, 0.29) is 11.5 Å². The molecule has 0 unspecified atom stereocenters. The number of carbonyl (C=O) groups excluding carboxylic acids is 1. The van der Waals surface area contributed by atoms with Gasteiger partial charge in [-0.05, 0) is 25.8 Å². The molecule has 0 bridgehead atoms. The summed E-state index contributed by atoms with van der Waals surface area (Å²) in [6.45, 7) is 4.01. The van der Waals surface area contributed by atoms with Gasteiger partial charge in [0.1, 0.15) is 5.69 Å². The average Bonchev–Trinajstić information content (AvgIpc) is 3.01. The van der Waals surface area contributed by atoms with Crippen LogP contribution in [0, 0.1) is 0 Å². The second-order valence-corrected chi connectivity index (χ2v) is 6.88. The molecule has 1 aliphatic rings. The molecule has 1 fully saturated rings. The third kappa shape index (κ3) is 4.76. The van der Waals surface area contributed by atoms with Crippen molar-refractivity contribution in [1.29, 1.82) is 0 Å². The van der Waals surface area contributed by atoms with Crippen molar-refractivity contribution in [3.63, 3.8) is 0 Å². The molecule has 1 aliphatic carbocycles. The van der Waals surface area contributed by atoms with Crippen molar-refractivity contribution < 1.29 is 9.53 Å². The van der Waals surface area contributed by atoms with E-state index >= 15 is 0 Å². The third-order valence-electron chi connectivity index (χ3n) is 4.09. The molecule has 2 rings (SSSR count). The third-order valence-corrected chi connectivity index (χ3v) is 5.00. The van der Waals surface area contributed by atoms with Crippen molar-refractivity contribution in [2.24, 2.45) is 5.73 Å². The quantitative estimate of drug-likeness (QED) is 0.770. The Morgan fingerprint density at radius 3 is 2.91 bits per heavy atom. The van der Waals surface area contributed by atoms with Gasteiger partial charge in [0, 0.05) is 25.0 Å². The Hall–Kier alpha value is -0.980. The van der Waals surface area contributed by atoms with Crippen LogP contribution in [0.25, 0.3) is 0 Å². The lowest BCUT2D eigenvalue weighted by atomic mass is 9.84. The summed E-state index contributed by atoms with van der Waals surface area (Å²) in [7, 11) is 0. The molecule has 3 N–H and O–H groups in total. The van der Waals surface area contributed by atoms with Gasteiger partial charge in [-0.15, -0.1) is 11.3 Å². The zero-order valence-electron chi connectivity index (χ0n) is 13.4. The van der Waals surface area contributed by atoms with Gasteiger partial charge < -0.3 is 15.8 Å². The van der Waals surface area contributed by atoms with E-state index in [4.69, 9.17) is 10.5 Å². The highest BCUT2D eigenvalue weighted by Crippen LogP contribution is 2.31. The fourth-order valence-corrected chi connectivity index (χ4v) is 3.67. The molecular weight excluding hydrogens is 298 g/mol. The average molecular weight is 325 g/mol. The SMILES string of the molecule is CCCOC1(CNC(=O)c2csc(CCN)n2)CCCCC1. The van der Waals surface area contributed by atoms with E-state index in [0.29, 0.717) is 18.8 Å². The molecule has 5 nitrogen and oxygen atoms in total. The van der Waals surface area contributed by atoms with Gasteiger partial charge in [-0.3, -0.25) is 4.79 Å². The highest BCUT2D eigenvalue weighted by atomic mass is 32.1. The van der Waals surface area contributed by atoms with Crippen molar-refractivity contribution >= 4 is 17.2 Å². The Morgan fingerprint density at radius 1 is 1.45 bits per heavy atom. The number of amides is 1. The molecule has 0 saturated heterocycles. The molecule has 1 aromatic rings. The van der Waals surface area contributed by atoms with Crippen molar-refractivity contribution in [3.8, 4) is 0 Å². The van der Waals surface area contributed by atoms with Crippen LogP contribution in [0.1, 0.15) is 60.9 Å². The Labute approximate surface area is 136 Å². The molecule has 1 heterocycles. The van der Waals surface area contributed by atoms with Gasteiger partial charge in [-0.2, -0.15) is 0 Å². The highest BCUT2D eigenvalue weighted by Gasteiger charge is 2.33. The summed E-state index contributed by atoms with van der Waals surface area (Å²) in [5, 5.41) is 5.75. The standard InChI is InChI=1S/C16H27N3O2S/c1-2-10-21-16(7-4-3-5-8-16)12-18-15(20)13-11-22-14(19-13)6-9-17/h11H,2-10,12,17H2,1H3,(H,18,20). The number of nitrogens with zero attached hydrogens (tertiary/aromatic N) is 1. The van der Waals surface area contributed by atoms with Gasteiger partial charge in [0.15, 0.2) is 0 Å². The Kier molecular flexibility index (Phi) is 6.79. The van der Waals surface area contributed by atoms with Crippen LogP contribution in [-0.4, -0.2) is 36.2 Å². The molecule has 124 valence electrons. The van der Waals surface area contributed by atoms with Gasteiger partial charge in [-0.1, -0.05) is 26.2 Å². The van der Waals surface area contributed by atoms with Crippen molar-refractivity contribution in [2.45, 2.75) is 57.5 Å². The Balaban J connectivity index is 1.91. The van der Waals surface area contributed by atoms with Crippen LogP contribution in [0.15, 0.2) is 5.38 Å². The lowest BCUT2D eigenvalue weighted by Crippen LogP contribution is -2.46. The summed E-state index contributed by atoms with van der Waals surface area (Å²) in [6.07, 6.45) is 7.41. The molecule has 0 atom stereocenters. The summed E-state index contributed by atoms with van der Waals surface area (Å²) >= 11 is 1.49. The van der Waals surface area contributed by atoms with E-state index in [1.54, 1.807) is 5.38 Å². The zero-order valence-corrected chi connectivity index (χ0v) is 14.2. The minimum atomic E-state index is -0.181. The van der Waals surface area contributed by atoms with E-state index in [2.05, 4.69) is 17.2 Å². The first-order valence-electron chi connectivity index (χ1n) is 8.26. The van der Waals surface area contributed by atoms with Crippen LogP contribution in [0.4, 0.5) is 0 Å². The summed E-state index contributed by atoms with van der Waals surface area (Å²) in [5.41, 5.74) is 5.83. The molecule has 0 aromatic carbocycles. The van der Waals surface area contributed by atoms with Gasteiger partial charge in [-0.25, -0.2) is 4.98 Å². The van der Waals surface area contributed by atoms with Gasteiger partial charge in [0.25, 0.3) is 5.91 Å². The van der Waals surface area contributed by atoms with E-state index in [9.17, 15) is 4.79 Å². The molecule has 1 saturated carbocycles. The fraction of sp³-hybridized carbons (Fsp3) is 0.750. The highest BCUT2D eigenvalue weighted by molar-refractivity contribution is 7.09. The first-order chi connectivity index (χ1) is 10.7. The second kappa shape index (κ2) is 8.60. The summed E-state index contributed by atoms with van der Waals surface area (Å²) < 4.78 is 6.10. The number of ether oxygens (including phenoxy) is 1. The molecule has 1 aromatic heterocycles. The number of hydrogen-bond acceptors (Lipinski definition) is 5. The predicted octanol–water partition coefficient (Wildman–Crippen LogP) is 2.50. The fourth-order valence-electron chi connectivity index (χ4n) is 2.87. The summed E-state index contributed by atoms with van der Waals surface area (Å²) in [5.74, 6) is -0.107. The van der Waals surface area contributed by atoms with Crippen LogP contribution in [0.2, 0.25) is 0 Å². The molecular formula is C16H27N3O2S. The van der Waals surface area contributed by atoms with E-state index < -0.39 is 0 Å². The predicted molar refractivity (Wildman–Crippen MR) is 89.3 cm³/mol. The minimum Gasteiger partial charge on any atom is -0.373 e. The number of thiazole rings is 1. The Bertz CT molecular complexity index is 470.